The number of benzene rings is 1. The van der Waals surface area contributed by atoms with Gasteiger partial charge in [0.25, 0.3) is 0 Å². The molecule has 22 heavy (non-hydrogen) atoms. The molecule has 1 unspecified atom stereocenters. The molecule has 1 aromatic carbocycles. The van der Waals surface area contributed by atoms with Gasteiger partial charge in [-0.05, 0) is 30.0 Å². The number of likely N-dealkylation sites (tertiary alicyclic amines) is 1. The van der Waals surface area contributed by atoms with E-state index in [2.05, 4.69) is 0 Å². The largest absolute Gasteiger partial charge is 0.416 e. The minimum atomic E-state index is -4.38. The molecule has 2 N–H and O–H groups in total. The second-order valence-electron chi connectivity index (χ2n) is 5.95. The maximum absolute atomic E-state index is 12.6. The van der Waals surface area contributed by atoms with Gasteiger partial charge in [-0.2, -0.15) is 13.2 Å². The van der Waals surface area contributed by atoms with Crippen molar-refractivity contribution in [2.45, 2.75) is 25.9 Å². The van der Waals surface area contributed by atoms with E-state index in [1.165, 1.54) is 6.07 Å². The van der Waals surface area contributed by atoms with E-state index >= 15 is 0 Å². The third-order valence-electron chi connectivity index (χ3n) is 4.01. The van der Waals surface area contributed by atoms with Gasteiger partial charge in [-0.15, -0.1) is 12.4 Å². The Labute approximate surface area is 134 Å². The third kappa shape index (κ3) is 4.36. The van der Waals surface area contributed by atoms with Crippen LogP contribution < -0.4 is 5.73 Å². The third-order valence-corrected chi connectivity index (χ3v) is 4.01. The van der Waals surface area contributed by atoms with Gasteiger partial charge in [0.2, 0.25) is 5.91 Å². The van der Waals surface area contributed by atoms with Crippen LogP contribution in [0.1, 0.15) is 24.5 Å². The van der Waals surface area contributed by atoms with Crippen molar-refractivity contribution in [3.05, 3.63) is 35.4 Å². The van der Waals surface area contributed by atoms with Crippen LogP contribution in [0.25, 0.3) is 0 Å². The highest BCUT2D eigenvalue weighted by Gasteiger charge is 2.35. The zero-order valence-electron chi connectivity index (χ0n) is 12.3. The summed E-state index contributed by atoms with van der Waals surface area (Å²) in [6, 6.07) is 4.93. The molecule has 0 spiro atoms. The molecule has 124 valence electrons. The molecule has 0 aliphatic carbocycles. The maximum atomic E-state index is 12.6. The first-order chi connectivity index (χ1) is 9.73. The molecule has 1 amide bonds. The molecule has 7 heteroatoms. The summed E-state index contributed by atoms with van der Waals surface area (Å²) in [7, 11) is 0. The van der Waals surface area contributed by atoms with Gasteiger partial charge in [-0.25, -0.2) is 0 Å². The number of amides is 1. The van der Waals surface area contributed by atoms with Crippen LogP contribution in [0.15, 0.2) is 24.3 Å². The monoisotopic (exact) mass is 336 g/mol. The lowest BCUT2D eigenvalue weighted by Gasteiger charge is -2.22. The van der Waals surface area contributed by atoms with Crippen molar-refractivity contribution in [3.8, 4) is 0 Å². The van der Waals surface area contributed by atoms with E-state index in [4.69, 9.17) is 5.73 Å². The minimum Gasteiger partial charge on any atom is -0.342 e. The molecule has 1 fully saturated rings. The zero-order valence-corrected chi connectivity index (χ0v) is 13.1. The van der Waals surface area contributed by atoms with Crippen LogP contribution in [-0.4, -0.2) is 30.4 Å². The SMILES string of the molecule is CC1(CN)CCN(C(=O)Cc2cccc(C(F)(F)F)c2)C1.Cl. The van der Waals surface area contributed by atoms with E-state index < -0.39 is 11.7 Å². The molecule has 1 heterocycles. The molecule has 1 atom stereocenters. The van der Waals surface area contributed by atoms with Gasteiger partial charge in [0.05, 0.1) is 12.0 Å². The standard InChI is InChI=1S/C15H19F3N2O.ClH/c1-14(9-19)5-6-20(10-14)13(21)8-11-3-2-4-12(7-11)15(16,17)18;/h2-4,7H,5-6,8-10,19H2,1H3;1H. The lowest BCUT2D eigenvalue weighted by Crippen LogP contribution is -2.35. The first-order valence-electron chi connectivity index (χ1n) is 6.87. The van der Waals surface area contributed by atoms with Gasteiger partial charge in [-0.3, -0.25) is 4.79 Å². The first kappa shape index (κ1) is 18.8. The number of alkyl halides is 3. The van der Waals surface area contributed by atoms with Crippen LogP contribution >= 0.6 is 12.4 Å². The smallest absolute Gasteiger partial charge is 0.342 e. The summed E-state index contributed by atoms with van der Waals surface area (Å²) >= 11 is 0. The number of hydrogen-bond acceptors (Lipinski definition) is 2. The quantitative estimate of drug-likeness (QED) is 0.922. The molecule has 0 bridgehead atoms. The highest BCUT2D eigenvalue weighted by molar-refractivity contribution is 5.85. The fraction of sp³-hybridized carbons (Fsp3) is 0.533. The fourth-order valence-corrected chi connectivity index (χ4v) is 2.55. The van der Waals surface area contributed by atoms with Gasteiger partial charge >= 0.3 is 6.18 Å². The Morgan fingerprint density at radius 3 is 2.64 bits per heavy atom. The summed E-state index contributed by atoms with van der Waals surface area (Å²) < 4.78 is 37.9. The molecular formula is C15H20ClF3N2O. The Bertz CT molecular complexity index is 536. The van der Waals surface area contributed by atoms with Crippen LogP contribution in [-0.2, 0) is 17.4 Å². The van der Waals surface area contributed by atoms with Gasteiger partial charge in [0.1, 0.15) is 0 Å². The van der Waals surface area contributed by atoms with E-state index in [1.54, 1.807) is 11.0 Å². The molecule has 0 radical (unpaired) electrons. The molecule has 3 nitrogen and oxygen atoms in total. The number of nitrogens with zero attached hydrogens (tertiary/aromatic N) is 1. The maximum Gasteiger partial charge on any atom is 0.416 e. The van der Waals surface area contributed by atoms with E-state index in [9.17, 15) is 18.0 Å². The molecule has 1 aliphatic heterocycles. The number of carbonyl (C=O) groups is 1. The minimum absolute atomic E-state index is 0. The van der Waals surface area contributed by atoms with Crippen molar-refractivity contribution in [1.29, 1.82) is 0 Å². The predicted molar refractivity (Wildman–Crippen MR) is 80.8 cm³/mol. The van der Waals surface area contributed by atoms with Crippen LogP contribution in [0.5, 0.6) is 0 Å². The number of carbonyl (C=O) groups excluding carboxylic acids is 1. The Morgan fingerprint density at radius 2 is 2.09 bits per heavy atom. The topological polar surface area (TPSA) is 46.3 Å². The number of nitrogens with two attached hydrogens (primary N) is 1. The highest BCUT2D eigenvalue weighted by atomic mass is 35.5. The van der Waals surface area contributed by atoms with Crippen LogP contribution in [0.3, 0.4) is 0 Å². The molecule has 0 saturated carbocycles. The summed E-state index contributed by atoms with van der Waals surface area (Å²) in [6.07, 6.45) is -3.56. The summed E-state index contributed by atoms with van der Waals surface area (Å²) in [6.45, 7) is 3.71. The van der Waals surface area contributed by atoms with E-state index in [1.807, 2.05) is 6.92 Å². The van der Waals surface area contributed by atoms with Crippen molar-refractivity contribution in [3.63, 3.8) is 0 Å². The van der Waals surface area contributed by atoms with E-state index in [0.717, 1.165) is 18.6 Å². The molecule has 2 rings (SSSR count). The van der Waals surface area contributed by atoms with Crippen LogP contribution in [0.4, 0.5) is 13.2 Å². The molecule has 1 saturated heterocycles. The highest BCUT2D eigenvalue weighted by Crippen LogP contribution is 2.31. The van der Waals surface area contributed by atoms with Gasteiger partial charge in [-0.1, -0.05) is 25.1 Å². The summed E-state index contributed by atoms with van der Waals surface area (Å²) in [4.78, 5) is 13.9. The number of halogens is 4. The Balaban J connectivity index is 0.00000242. The Hall–Kier alpha value is -1.27. The summed E-state index contributed by atoms with van der Waals surface area (Å²) in [5.74, 6) is -0.147. The summed E-state index contributed by atoms with van der Waals surface area (Å²) in [5, 5.41) is 0. The van der Waals surface area contributed by atoms with Gasteiger partial charge in [0.15, 0.2) is 0 Å². The van der Waals surface area contributed by atoms with Crippen LogP contribution in [0, 0.1) is 5.41 Å². The number of rotatable bonds is 3. The lowest BCUT2D eigenvalue weighted by molar-refractivity contribution is -0.138. The lowest BCUT2D eigenvalue weighted by atomic mass is 9.90. The first-order valence-corrected chi connectivity index (χ1v) is 6.87. The predicted octanol–water partition coefficient (Wildman–Crippen LogP) is 2.87. The second-order valence-corrected chi connectivity index (χ2v) is 5.95. The van der Waals surface area contributed by atoms with Crippen molar-refractivity contribution in [2.75, 3.05) is 19.6 Å². The normalized spacial score (nSPS) is 21.6. The van der Waals surface area contributed by atoms with Crippen LogP contribution in [0.2, 0.25) is 0 Å². The Kier molecular flexibility index (Phi) is 5.87. The Morgan fingerprint density at radius 1 is 1.41 bits per heavy atom. The van der Waals surface area contributed by atoms with E-state index in [-0.39, 0.29) is 30.2 Å². The van der Waals surface area contributed by atoms with Crippen molar-refractivity contribution < 1.29 is 18.0 Å². The average molecular weight is 337 g/mol. The summed E-state index contributed by atoms with van der Waals surface area (Å²) in [5.41, 5.74) is 5.27. The van der Waals surface area contributed by atoms with E-state index in [0.29, 0.717) is 25.2 Å². The molecule has 1 aromatic rings. The van der Waals surface area contributed by atoms with Crippen molar-refractivity contribution in [1.82, 2.24) is 4.90 Å². The molecule has 0 aromatic heterocycles. The molecular weight excluding hydrogens is 317 g/mol. The van der Waals surface area contributed by atoms with Crippen molar-refractivity contribution in [2.24, 2.45) is 11.1 Å². The van der Waals surface area contributed by atoms with Crippen molar-refractivity contribution >= 4 is 18.3 Å². The van der Waals surface area contributed by atoms with Gasteiger partial charge in [0, 0.05) is 13.1 Å². The van der Waals surface area contributed by atoms with Gasteiger partial charge < -0.3 is 10.6 Å². The zero-order chi connectivity index (χ0) is 15.7. The molecule has 1 aliphatic rings. The fourth-order valence-electron chi connectivity index (χ4n) is 2.55. The number of hydrogen-bond donors (Lipinski definition) is 1. The average Bonchev–Trinajstić information content (AvgIpc) is 2.82. The second kappa shape index (κ2) is 6.87.